The molecular formula is C16H21ClN2O4S2. The van der Waals surface area contributed by atoms with Crippen LogP contribution in [-0.2, 0) is 19.6 Å². The minimum atomic E-state index is -3.46. The average Bonchev–Trinajstić information content (AvgIpc) is 3.11. The molecule has 25 heavy (non-hydrogen) atoms. The van der Waals surface area contributed by atoms with Crippen LogP contribution in [0.4, 0.5) is 0 Å². The molecule has 2 saturated heterocycles. The van der Waals surface area contributed by atoms with E-state index in [1.54, 1.807) is 12.1 Å². The molecule has 6 nitrogen and oxygen atoms in total. The molecule has 9 heteroatoms. The molecule has 0 bridgehead atoms. The Labute approximate surface area is 156 Å². The number of sulfonamides is 1. The number of hydrogen-bond acceptors (Lipinski definition) is 6. The summed E-state index contributed by atoms with van der Waals surface area (Å²) >= 11 is 6.95. The molecule has 0 N–H and O–H groups in total. The van der Waals surface area contributed by atoms with Gasteiger partial charge in [-0.05, 0) is 25.0 Å². The Morgan fingerprint density at radius 3 is 2.48 bits per heavy atom. The van der Waals surface area contributed by atoms with Gasteiger partial charge in [0.05, 0.1) is 9.75 Å². The summed E-state index contributed by atoms with van der Waals surface area (Å²) in [5.74, 6) is -0.0282. The lowest BCUT2D eigenvalue weighted by Crippen LogP contribution is -2.50. The Hall–Kier alpha value is -0.670. The molecule has 138 valence electrons. The van der Waals surface area contributed by atoms with Gasteiger partial charge in [0.15, 0.2) is 0 Å². The van der Waals surface area contributed by atoms with Gasteiger partial charge in [0.25, 0.3) is 10.0 Å². The number of cyclic esters (lactones) is 1. The van der Waals surface area contributed by atoms with Crippen molar-refractivity contribution in [2.24, 2.45) is 5.41 Å². The van der Waals surface area contributed by atoms with Crippen molar-refractivity contribution in [1.29, 1.82) is 0 Å². The number of carbonyl (C=O) groups excluding carboxylic acids is 1. The van der Waals surface area contributed by atoms with E-state index in [4.69, 9.17) is 16.3 Å². The van der Waals surface area contributed by atoms with Crippen molar-refractivity contribution in [1.82, 2.24) is 9.21 Å². The van der Waals surface area contributed by atoms with Crippen LogP contribution in [0.1, 0.15) is 25.7 Å². The highest BCUT2D eigenvalue weighted by molar-refractivity contribution is 7.91. The standard InChI is InChI=1S/C16H21ClN2O4S2/c17-13-2-3-14(24-13)25(21,22)19-8-6-18(7-9-19)11-12-10-16(4-1-5-16)15(20)23-12/h2-3,12H,1,4-11H2/t12-/m1/s1. The van der Waals surface area contributed by atoms with Crippen molar-refractivity contribution >= 4 is 38.9 Å². The molecule has 1 aromatic rings. The zero-order valence-electron chi connectivity index (χ0n) is 13.8. The summed E-state index contributed by atoms with van der Waals surface area (Å²) in [6.45, 7) is 2.90. The van der Waals surface area contributed by atoms with Gasteiger partial charge in [-0.15, -0.1) is 11.3 Å². The highest BCUT2D eigenvalue weighted by Gasteiger charge is 2.53. The summed E-state index contributed by atoms with van der Waals surface area (Å²) in [6, 6.07) is 3.17. The van der Waals surface area contributed by atoms with Crippen LogP contribution in [0.2, 0.25) is 4.34 Å². The quantitative estimate of drug-likeness (QED) is 0.719. The molecule has 1 saturated carbocycles. The second-order valence-corrected chi connectivity index (χ2v) is 11.0. The van der Waals surface area contributed by atoms with E-state index in [-0.39, 0.29) is 17.5 Å². The van der Waals surface area contributed by atoms with Crippen LogP contribution in [-0.4, -0.2) is 62.4 Å². The second-order valence-electron chi connectivity index (χ2n) is 7.13. The maximum absolute atomic E-state index is 12.6. The van der Waals surface area contributed by atoms with E-state index in [1.165, 1.54) is 4.31 Å². The van der Waals surface area contributed by atoms with Crippen molar-refractivity contribution in [3.8, 4) is 0 Å². The summed E-state index contributed by atoms with van der Waals surface area (Å²) in [5, 5.41) is 0. The molecule has 0 amide bonds. The van der Waals surface area contributed by atoms with Crippen LogP contribution in [0.5, 0.6) is 0 Å². The van der Waals surface area contributed by atoms with Crippen LogP contribution in [0.25, 0.3) is 0 Å². The van der Waals surface area contributed by atoms with E-state index in [0.29, 0.717) is 41.3 Å². The zero-order chi connectivity index (χ0) is 17.7. The predicted octanol–water partition coefficient (Wildman–Crippen LogP) is 2.19. The van der Waals surface area contributed by atoms with E-state index in [0.717, 1.165) is 37.0 Å². The normalized spacial score (nSPS) is 27.4. The molecular weight excluding hydrogens is 384 g/mol. The van der Waals surface area contributed by atoms with Crippen molar-refractivity contribution in [2.75, 3.05) is 32.7 Å². The molecule has 0 unspecified atom stereocenters. The number of rotatable bonds is 4. The second kappa shape index (κ2) is 6.49. The number of hydrogen-bond donors (Lipinski definition) is 0. The first-order valence-electron chi connectivity index (χ1n) is 8.58. The third-order valence-corrected chi connectivity index (χ3v) is 9.17. The van der Waals surface area contributed by atoms with Crippen LogP contribution in [0.3, 0.4) is 0 Å². The number of halogens is 1. The first-order valence-corrected chi connectivity index (χ1v) is 11.2. The molecule has 3 aliphatic rings. The molecule has 1 aromatic heterocycles. The van der Waals surface area contributed by atoms with Gasteiger partial charge in [0, 0.05) is 39.1 Å². The molecule has 1 aliphatic carbocycles. The molecule has 3 fully saturated rings. The number of carbonyl (C=O) groups is 1. The Morgan fingerprint density at radius 2 is 1.96 bits per heavy atom. The largest absolute Gasteiger partial charge is 0.461 e. The number of piperazine rings is 1. The maximum Gasteiger partial charge on any atom is 0.312 e. The summed E-state index contributed by atoms with van der Waals surface area (Å²) in [6.07, 6.45) is 3.80. The molecule has 4 rings (SSSR count). The van der Waals surface area contributed by atoms with Gasteiger partial charge < -0.3 is 4.74 Å². The fraction of sp³-hybridized carbons (Fsp3) is 0.688. The van der Waals surface area contributed by atoms with Gasteiger partial charge in [0.1, 0.15) is 10.3 Å². The van der Waals surface area contributed by atoms with Crippen LogP contribution >= 0.6 is 22.9 Å². The minimum absolute atomic E-state index is 0.0282. The zero-order valence-corrected chi connectivity index (χ0v) is 16.2. The Balaban J connectivity index is 1.32. The van der Waals surface area contributed by atoms with Crippen LogP contribution in [0.15, 0.2) is 16.3 Å². The lowest BCUT2D eigenvalue weighted by Gasteiger charge is -2.35. The van der Waals surface area contributed by atoms with E-state index in [9.17, 15) is 13.2 Å². The average molecular weight is 405 g/mol. The van der Waals surface area contributed by atoms with E-state index in [2.05, 4.69) is 4.90 Å². The van der Waals surface area contributed by atoms with Crippen LogP contribution in [0, 0.1) is 5.41 Å². The van der Waals surface area contributed by atoms with Gasteiger partial charge in [-0.1, -0.05) is 18.0 Å². The topological polar surface area (TPSA) is 66.9 Å². The summed E-state index contributed by atoms with van der Waals surface area (Å²) < 4.78 is 33.1. The van der Waals surface area contributed by atoms with E-state index >= 15 is 0 Å². The van der Waals surface area contributed by atoms with E-state index < -0.39 is 10.0 Å². The van der Waals surface area contributed by atoms with Gasteiger partial charge in [-0.2, -0.15) is 4.31 Å². The predicted molar refractivity (Wildman–Crippen MR) is 95.3 cm³/mol. The van der Waals surface area contributed by atoms with Gasteiger partial charge in [-0.3, -0.25) is 9.69 Å². The number of ether oxygens (including phenoxy) is 1. The Kier molecular flexibility index (Phi) is 4.60. The van der Waals surface area contributed by atoms with Crippen molar-refractivity contribution in [3.05, 3.63) is 16.5 Å². The molecule has 0 radical (unpaired) electrons. The molecule has 0 aromatic carbocycles. The fourth-order valence-electron chi connectivity index (χ4n) is 3.95. The third-order valence-electron chi connectivity index (χ3n) is 5.57. The molecule has 3 heterocycles. The minimum Gasteiger partial charge on any atom is -0.461 e. The SMILES string of the molecule is O=C1O[C@@H](CN2CCN(S(=O)(=O)c3ccc(Cl)s3)CC2)CC12CCC2. The maximum atomic E-state index is 12.6. The van der Waals surface area contributed by atoms with Crippen molar-refractivity contribution < 1.29 is 17.9 Å². The summed E-state index contributed by atoms with van der Waals surface area (Å²) in [4.78, 5) is 14.2. The lowest BCUT2D eigenvalue weighted by molar-refractivity contribution is -0.152. The van der Waals surface area contributed by atoms with Gasteiger partial charge in [0.2, 0.25) is 0 Å². The van der Waals surface area contributed by atoms with Gasteiger partial charge in [-0.25, -0.2) is 8.42 Å². The summed E-state index contributed by atoms with van der Waals surface area (Å²) in [5.41, 5.74) is -0.200. The monoisotopic (exact) mass is 404 g/mol. The van der Waals surface area contributed by atoms with Crippen LogP contribution < -0.4 is 0 Å². The first-order chi connectivity index (χ1) is 11.9. The highest BCUT2D eigenvalue weighted by atomic mass is 35.5. The lowest BCUT2D eigenvalue weighted by atomic mass is 9.67. The number of thiophene rings is 1. The van der Waals surface area contributed by atoms with E-state index in [1.807, 2.05) is 0 Å². The number of nitrogens with zero attached hydrogens (tertiary/aromatic N) is 2. The molecule has 1 atom stereocenters. The molecule has 2 aliphatic heterocycles. The Morgan fingerprint density at radius 1 is 1.24 bits per heavy atom. The third kappa shape index (κ3) is 3.23. The number of esters is 1. The Bertz CT molecular complexity index is 767. The molecule has 1 spiro atoms. The van der Waals surface area contributed by atoms with Gasteiger partial charge >= 0.3 is 5.97 Å². The fourth-order valence-corrected chi connectivity index (χ4v) is 7.01. The van der Waals surface area contributed by atoms with Crippen molar-refractivity contribution in [2.45, 2.75) is 36.0 Å². The van der Waals surface area contributed by atoms with Crippen molar-refractivity contribution in [3.63, 3.8) is 0 Å². The highest BCUT2D eigenvalue weighted by Crippen LogP contribution is 2.50. The summed E-state index contributed by atoms with van der Waals surface area (Å²) in [7, 11) is -3.46. The first kappa shape index (κ1) is 17.7. The smallest absolute Gasteiger partial charge is 0.312 e.